The standard InChI is InChI=1S/C13H13N5/c1-9-3-4-10(7-14-9)17-13-12-11(15-8-16-13)5-6-18(12)2/h3-8H,1-2H3,(H,15,16,17). The molecule has 0 spiro atoms. The molecule has 3 rings (SSSR count). The van der Waals surface area contributed by atoms with E-state index >= 15 is 0 Å². The molecule has 0 aliphatic carbocycles. The molecule has 0 aliphatic heterocycles. The number of nitrogens with zero attached hydrogens (tertiary/aromatic N) is 4. The van der Waals surface area contributed by atoms with E-state index in [1.807, 2.05) is 42.9 Å². The topological polar surface area (TPSA) is 55.6 Å². The van der Waals surface area contributed by atoms with Crippen LogP contribution in [0.25, 0.3) is 11.0 Å². The highest BCUT2D eigenvalue weighted by molar-refractivity contribution is 5.87. The quantitative estimate of drug-likeness (QED) is 0.746. The molecule has 0 amide bonds. The molecule has 0 saturated heterocycles. The molecule has 5 nitrogen and oxygen atoms in total. The molecular weight excluding hydrogens is 226 g/mol. The van der Waals surface area contributed by atoms with E-state index in [0.717, 1.165) is 28.2 Å². The normalized spacial score (nSPS) is 10.8. The van der Waals surface area contributed by atoms with Crippen molar-refractivity contribution < 1.29 is 0 Å². The van der Waals surface area contributed by atoms with E-state index in [1.54, 1.807) is 12.5 Å². The van der Waals surface area contributed by atoms with E-state index in [1.165, 1.54) is 0 Å². The van der Waals surface area contributed by atoms with E-state index < -0.39 is 0 Å². The lowest BCUT2D eigenvalue weighted by Crippen LogP contribution is -1.99. The van der Waals surface area contributed by atoms with Crippen LogP contribution in [0.1, 0.15) is 5.69 Å². The van der Waals surface area contributed by atoms with Crippen molar-refractivity contribution in [2.75, 3.05) is 5.32 Å². The average molecular weight is 239 g/mol. The van der Waals surface area contributed by atoms with Gasteiger partial charge in [-0.1, -0.05) is 0 Å². The molecule has 0 saturated carbocycles. The number of aryl methyl sites for hydroxylation is 2. The maximum Gasteiger partial charge on any atom is 0.158 e. The minimum atomic E-state index is 0.790. The number of nitrogens with one attached hydrogen (secondary N) is 1. The molecule has 5 heteroatoms. The molecule has 3 heterocycles. The number of aromatic nitrogens is 4. The van der Waals surface area contributed by atoms with Gasteiger partial charge in [-0.05, 0) is 25.1 Å². The van der Waals surface area contributed by atoms with Crippen molar-refractivity contribution in [1.82, 2.24) is 19.5 Å². The highest BCUT2D eigenvalue weighted by atomic mass is 15.1. The van der Waals surface area contributed by atoms with Crippen molar-refractivity contribution in [1.29, 1.82) is 0 Å². The lowest BCUT2D eigenvalue weighted by atomic mass is 10.3. The minimum Gasteiger partial charge on any atom is -0.346 e. The first-order valence-electron chi connectivity index (χ1n) is 5.70. The molecule has 0 aliphatic rings. The third-order valence-corrected chi connectivity index (χ3v) is 2.83. The molecule has 0 aromatic carbocycles. The zero-order chi connectivity index (χ0) is 12.5. The van der Waals surface area contributed by atoms with Gasteiger partial charge in [-0.2, -0.15) is 0 Å². The highest BCUT2D eigenvalue weighted by Gasteiger charge is 2.07. The summed E-state index contributed by atoms with van der Waals surface area (Å²) in [4.78, 5) is 12.8. The molecule has 3 aromatic heterocycles. The zero-order valence-electron chi connectivity index (χ0n) is 10.3. The second-order valence-electron chi connectivity index (χ2n) is 4.20. The van der Waals surface area contributed by atoms with Crippen molar-refractivity contribution >= 4 is 22.5 Å². The first-order chi connectivity index (χ1) is 8.74. The Morgan fingerprint density at radius 2 is 2.00 bits per heavy atom. The van der Waals surface area contributed by atoms with Crippen LogP contribution in [0.3, 0.4) is 0 Å². The lowest BCUT2D eigenvalue weighted by Gasteiger charge is -2.07. The van der Waals surface area contributed by atoms with Gasteiger partial charge in [-0.15, -0.1) is 0 Å². The van der Waals surface area contributed by atoms with Crippen LogP contribution in [-0.2, 0) is 7.05 Å². The summed E-state index contributed by atoms with van der Waals surface area (Å²) in [5.41, 5.74) is 3.82. The van der Waals surface area contributed by atoms with Crippen LogP contribution in [0.15, 0.2) is 36.9 Å². The number of pyridine rings is 1. The van der Waals surface area contributed by atoms with Gasteiger partial charge in [0.25, 0.3) is 0 Å². The Hall–Kier alpha value is -2.43. The Bertz CT molecular complexity index is 684. The van der Waals surface area contributed by atoms with Gasteiger partial charge in [0.2, 0.25) is 0 Å². The largest absolute Gasteiger partial charge is 0.346 e. The molecule has 90 valence electrons. The van der Waals surface area contributed by atoms with Crippen LogP contribution in [0.4, 0.5) is 11.5 Å². The molecular formula is C13H13N5. The minimum absolute atomic E-state index is 0.790. The van der Waals surface area contributed by atoms with E-state index in [-0.39, 0.29) is 0 Å². The number of rotatable bonds is 2. The molecule has 0 fully saturated rings. The molecule has 3 aromatic rings. The second kappa shape index (κ2) is 4.10. The molecule has 0 radical (unpaired) electrons. The summed E-state index contributed by atoms with van der Waals surface area (Å²) in [5, 5.41) is 3.27. The van der Waals surface area contributed by atoms with Crippen LogP contribution in [0.2, 0.25) is 0 Å². The summed E-state index contributed by atoms with van der Waals surface area (Å²) in [5.74, 6) is 0.790. The Kier molecular flexibility index (Phi) is 2.44. The Morgan fingerprint density at radius 3 is 2.78 bits per heavy atom. The Morgan fingerprint density at radius 1 is 1.11 bits per heavy atom. The zero-order valence-corrected chi connectivity index (χ0v) is 10.3. The summed E-state index contributed by atoms with van der Waals surface area (Å²) >= 11 is 0. The molecule has 1 N–H and O–H groups in total. The third kappa shape index (κ3) is 1.79. The summed E-state index contributed by atoms with van der Waals surface area (Å²) in [6.07, 6.45) is 5.33. The number of hydrogen-bond donors (Lipinski definition) is 1. The van der Waals surface area contributed by atoms with Crippen LogP contribution in [-0.4, -0.2) is 19.5 Å². The number of hydrogen-bond acceptors (Lipinski definition) is 4. The van der Waals surface area contributed by atoms with Crippen molar-refractivity contribution in [3.05, 3.63) is 42.6 Å². The van der Waals surface area contributed by atoms with E-state index in [9.17, 15) is 0 Å². The van der Waals surface area contributed by atoms with Crippen molar-refractivity contribution in [3.8, 4) is 0 Å². The first-order valence-corrected chi connectivity index (χ1v) is 5.70. The van der Waals surface area contributed by atoms with Gasteiger partial charge in [0.05, 0.1) is 17.4 Å². The van der Waals surface area contributed by atoms with Crippen LogP contribution in [0.5, 0.6) is 0 Å². The highest BCUT2D eigenvalue weighted by Crippen LogP contribution is 2.22. The third-order valence-electron chi connectivity index (χ3n) is 2.83. The number of fused-ring (bicyclic) bond motifs is 1. The van der Waals surface area contributed by atoms with Gasteiger partial charge in [0.15, 0.2) is 5.82 Å². The van der Waals surface area contributed by atoms with Crippen LogP contribution in [0, 0.1) is 6.92 Å². The summed E-state index contributed by atoms with van der Waals surface area (Å²) in [6.45, 7) is 1.96. The Balaban J connectivity index is 2.04. The maximum atomic E-state index is 4.29. The summed E-state index contributed by atoms with van der Waals surface area (Å²) in [7, 11) is 1.98. The van der Waals surface area contributed by atoms with E-state index in [0.29, 0.717) is 0 Å². The van der Waals surface area contributed by atoms with Crippen LogP contribution >= 0.6 is 0 Å². The molecule has 0 atom stereocenters. The fourth-order valence-corrected chi connectivity index (χ4v) is 1.89. The van der Waals surface area contributed by atoms with Crippen molar-refractivity contribution in [3.63, 3.8) is 0 Å². The smallest absolute Gasteiger partial charge is 0.158 e. The molecule has 0 unspecified atom stereocenters. The van der Waals surface area contributed by atoms with Gasteiger partial charge in [-0.3, -0.25) is 4.98 Å². The lowest BCUT2D eigenvalue weighted by molar-refractivity contribution is 0.964. The SMILES string of the molecule is Cc1ccc(Nc2ncnc3ccn(C)c23)cn1. The van der Waals surface area contributed by atoms with Crippen molar-refractivity contribution in [2.45, 2.75) is 6.92 Å². The monoisotopic (exact) mass is 239 g/mol. The molecule has 18 heavy (non-hydrogen) atoms. The predicted molar refractivity (Wildman–Crippen MR) is 70.8 cm³/mol. The maximum absolute atomic E-state index is 4.29. The van der Waals surface area contributed by atoms with Gasteiger partial charge >= 0.3 is 0 Å². The van der Waals surface area contributed by atoms with Gasteiger partial charge in [0, 0.05) is 18.9 Å². The predicted octanol–water partition coefficient (Wildman–Crippen LogP) is 2.42. The van der Waals surface area contributed by atoms with E-state index in [4.69, 9.17) is 0 Å². The fourth-order valence-electron chi connectivity index (χ4n) is 1.89. The number of anilines is 2. The second-order valence-corrected chi connectivity index (χ2v) is 4.20. The summed E-state index contributed by atoms with van der Waals surface area (Å²) in [6, 6.07) is 5.92. The first kappa shape index (κ1) is 10.7. The van der Waals surface area contributed by atoms with Crippen LogP contribution < -0.4 is 5.32 Å². The molecule has 0 bridgehead atoms. The fraction of sp³-hybridized carbons (Fsp3) is 0.154. The average Bonchev–Trinajstić information content (AvgIpc) is 2.75. The Labute approximate surface area is 105 Å². The van der Waals surface area contributed by atoms with E-state index in [2.05, 4.69) is 20.3 Å². The van der Waals surface area contributed by atoms with Gasteiger partial charge in [-0.25, -0.2) is 9.97 Å². The van der Waals surface area contributed by atoms with Gasteiger partial charge < -0.3 is 9.88 Å². The van der Waals surface area contributed by atoms with Gasteiger partial charge in [0.1, 0.15) is 11.8 Å². The van der Waals surface area contributed by atoms with Crippen molar-refractivity contribution in [2.24, 2.45) is 7.05 Å². The summed E-state index contributed by atoms with van der Waals surface area (Å²) < 4.78 is 2.00.